The van der Waals surface area contributed by atoms with E-state index in [0.29, 0.717) is 25.7 Å². The molecule has 6 heteroatoms. The van der Waals surface area contributed by atoms with Gasteiger partial charge in [-0.2, -0.15) is 0 Å². The zero-order valence-electron chi connectivity index (χ0n) is 17.2. The Morgan fingerprint density at radius 1 is 1.30 bits per heavy atom. The Morgan fingerprint density at radius 2 is 2.07 bits per heavy atom. The molecule has 0 bridgehead atoms. The Bertz CT molecular complexity index is 622. The quantitative estimate of drug-likeness (QED) is 0.731. The van der Waals surface area contributed by atoms with Crippen LogP contribution in [0.2, 0.25) is 0 Å². The molecule has 1 aromatic rings. The molecule has 0 radical (unpaired) electrons. The van der Waals surface area contributed by atoms with Gasteiger partial charge in [0.1, 0.15) is 12.4 Å². The van der Waals surface area contributed by atoms with E-state index in [-0.39, 0.29) is 11.5 Å². The summed E-state index contributed by atoms with van der Waals surface area (Å²) in [4.78, 5) is 19.7. The number of aryl methyl sites for hydroxylation is 1. The van der Waals surface area contributed by atoms with Gasteiger partial charge in [-0.05, 0) is 32.6 Å². The van der Waals surface area contributed by atoms with Crippen molar-refractivity contribution in [2.45, 2.75) is 78.0 Å². The smallest absolute Gasteiger partial charge is 0.228 e. The van der Waals surface area contributed by atoms with Crippen LogP contribution >= 0.6 is 0 Å². The number of hydrogen-bond donors (Lipinski definition) is 0. The molecule has 0 aromatic carbocycles. The molecule has 1 saturated carbocycles. The summed E-state index contributed by atoms with van der Waals surface area (Å²) in [7, 11) is 1.71. The summed E-state index contributed by atoms with van der Waals surface area (Å²) in [5, 5.41) is 0. The minimum atomic E-state index is -0.159. The van der Waals surface area contributed by atoms with E-state index < -0.39 is 0 Å². The highest BCUT2D eigenvalue weighted by Crippen LogP contribution is 2.38. The number of ether oxygens (including phenoxy) is 2. The van der Waals surface area contributed by atoms with Crippen LogP contribution in [0.15, 0.2) is 6.20 Å². The summed E-state index contributed by atoms with van der Waals surface area (Å²) < 4.78 is 13.5. The molecule has 6 nitrogen and oxygen atoms in total. The summed E-state index contributed by atoms with van der Waals surface area (Å²) in [5.74, 6) is 1.28. The third-order valence-electron chi connectivity index (χ3n) is 6.24. The SMILES string of the molecule is COCCn1c(C)cnc1COC1CCCN(C(=O)C2(C)CCCCC2)C1. The predicted octanol–water partition coefficient (Wildman–Crippen LogP) is 3.32. The average molecular weight is 378 g/mol. The van der Waals surface area contributed by atoms with Gasteiger partial charge in [-0.25, -0.2) is 4.98 Å². The van der Waals surface area contributed by atoms with Gasteiger partial charge in [0.25, 0.3) is 0 Å². The standard InChI is InChI=1S/C21H35N3O3/c1-17-14-22-19(24(17)12-13-26-3)16-27-18-8-7-11-23(15-18)20(25)21(2)9-5-4-6-10-21/h14,18H,4-13,15-16H2,1-3H3. The summed E-state index contributed by atoms with van der Waals surface area (Å²) in [6.07, 6.45) is 9.70. The Morgan fingerprint density at radius 3 is 2.81 bits per heavy atom. The van der Waals surface area contributed by atoms with Crippen LogP contribution in [0, 0.1) is 12.3 Å². The van der Waals surface area contributed by atoms with Gasteiger partial charge < -0.3 is 18.9 Å². The molecule has 1 saturated heterocycles. The average Bonchev–Trinajstić information content (AvgIpc) is 3.04. The van der Waals surface area contributed by atoms with Gasteiger partial charge in [0, 0.05) is 44.0 Å². The highest BCUT2D eigenvalue weighted by Gasteiger charge is 2.39. The van der Waals surface area contributed by atoms with Crippen molar-refractivity contribution in [3.8, 4) is 0 Å². The second-order valence-electron chi connectivity index (χ2n) is 8.41. The van der Waals surface area contributed by atoms with Crippen LogP contribution in [0.5, 0.6) is 0 Å². The van der Waals surface area contributed by atoms with Crippen molar-refractivity contribution >= 4 is 5.91 Å². The maximum absolute atomic E-state index is 13.1. The van der Waals surface area contributed by atoms with Gasteiger partial charge in [-0.1, -0.05) is 26.2 Å². The number of hydrogen-bond acceptors (Lipinski definition) is 4. The normalized spacial score (nSPS) is 22.8. The number of carbonyl (C=O) groups is 1. The lowest BCUT2D eigenvalue weighted by Gasteiger charge is -2.40. The molecule has 1 aromatic heterocycles. The first kappa shape index (κ1) is 20.3. The number of aromatic nitrogens is 2. The molecule has 1 unspecified atom stereocenters. The lowest BCUT2D eigenvalue weighted by Crippen LogP contribution is -2.49. The van der Waals surface area contributed by atoms with Crippen LogP contribution in [-0.2, 0) is 27.4 Å². The first-order valence-electron chi connectivity index (χ1n) is 10.4. The molecule has 3 rings (SSSR count). The van der Waals surface area contributed by atoms with Crippen LogP contribution in [0.3, 0.4) is 0 Å². The lowest BCUT2D eigenvalue weighted by molar-refractivity contribution is -0.147. The van der Waals surface area contributed by atoms with Crippen LogP contribution in [0.4, 0.5) is 0 Å². The molecule has 1 aliphatic heterocycles. The molecule has 2 aliphatic rings. The maximum atomic E-state index is 13.1. The van der Waals surface area contributed by atoms with Gasteiger partial charge in [-0.15, -0.1) is 0 Å². The van der Waals surface area contributed by atoms with Crippen molar-refractivity contribution in [2.24, 2.45) is 5.41 Å². The van der Waals surface area contributed by atoms with E-state index >= 15 is 0 Å². The van der Waals surface area contributed by atoms with Crippen LogP contribution in [0.1, 0.15) is 63.4 Å². The van der Waals surface area contributed by atoms with Gasteiger partial charge in [-0.3, -0.25) is 4.79 Å². The van der Waals surface area contributed by atoms with Crippen molar-refractivity contribution in [3.63, 3.8) is 0 Å². The molecule has 2 heterocycles. The molecule has 1 aliphatic carbocycles. The minimum absolute atomic E-state index is 0.0998. The zero-order chi connectivity index (χ0) is 19.3. The number of rotatable bonds is 7. The van der Waals surface area contributed by atoms with E-state index in [0.717, 1.165) is 50.3 Å². The second kappa shape index (κ2) is 9.20. The largest absolute Gasteiger partial charge is 0.383 e. The Labute approximate surface area is 163 Å². The molecule has 152 valence electrons. The van der Waals surface area contributed by atoms with E-state index in [1.165, 1.54) is 19.3 Å². The first-order valence-corrected chi connectivity index (χ1v) is 10.4. The fraction of sp³-hybridized carbons (Fsp3) is 0.810. The number of amides is 1. The number of imidazole rings is 1. The maximum Gasteiger partial charge on any atom is 0.228 e. The Balaban J connectivity index is 1.55. The number of methoxy groups -OCH3 is 1. The summed E-state index contributed by atoms with van der Waals surface area (Å²) >= 11 is 0. The van der Waals surface area contributed by atoms with Crippen molar-refractivity contribution in [2.75, 3.05) is 26.8 Å². The highest BCUT2D eigenvalue weighted by atomic mass is 16.5. The number of likely N-dealkylation sites (tertiary alicyclic amines) is 1. The first-order chi connectivity index (χ1) is 13.0. The van der Waals surface area contributed by atoms with Crippen molar-refractivity contribution in [1.82, 2.24) is 14.5 Å². The second-order valence-corrected chi connectivity index (χ2v) is 8.41. The Kier molecular flexibility index (Phi) is 6.93. The third kappa shape index (κ3) is 4.91. The number of nitrogens with zero attached hydrogens (tertiary/aromatic N) is 3. The fourth-order valence-corrected chi connectivity index (χ4v) is 4.49. The lowest BCUT2D eigenvalue weighted by atomic mass is 9.74. The van der Waals surface area contributed by atoms with E-state index in [1.54, 1.807) is 7.11 Å². The summed E-state index contributed by atoms with van der Waals surface area (Å²) in [5.41, 5.74) is 0.963. The van der Waals surface area contributed by atoms with Crippen molar-refractivity contribution in [1.29, 1.82) is 0 Å². The summed E-state index contributed by atoms with van der Waals surface area (Å²) in [6.45, 7) is 7.74. The van der Waals surface area contributed by atoms with Crippen molar-refractivity contribution < 1.29 is 14.3 Å². The highest BCUT2D eigenvalue weighted by molar-refractivity contribution is 5.82. The van der Waals surface area contributed by atoms with Gasteiger partial charge in [0.05, 0.1) is 12.7 Å². The molecular weight excluding hydrogens is 342 g/mol. The van der Waals surface area contributed by atoms with E-state index in [4.69, 9.17) is 9.47 Å². The van der Waals surface area contributed by atoms with Crippen LogP contribution < -0.4 is 0 Å². The molecular formula is C21H35N3O3. The molecule has 0 N–H and O–H groups in total. The van der Waals surface area contributed by atoms with Gasteiger partial charge in [0.2, 0.25) is 5.91 Å². The summed E-state index contributed by atoms with van der Waals surface area (Å²) in [6, 6.07) is 0. The number of carbonyl (C=O) groups excluding carboxylic acids is 1. The monoisotopic (exact) mass is 377 g/mol. The van der Waals surface area contributed by atoms with Gasteiger partial charge in [0.15, 0.2) is 0 Å². The minimum Gasteiger partial charge on any atom is -0.383 e. The number of piperidine rings is 1. The fourth-order valence-electron chi connectivity index (χ4n) is 4.49. The van der Waals surface area contributed by atoms with E-state index in [1.807, 2.05) is 6.20 Å². The van der Waals surface area contributed by atoms with Gasteiger partial charge >= 0.3 is 0 Å². The van der Waals surface area contributed by atoms with E-state index in [2.05, 4.69) is 28.3 Å². The topological polar surface area (TPSA) is 56.6 Å². The van der Waals surface area contributed by atoms with Crippen LogP contribution in [-0.4, -0.2) is 53.3 Å². The third-order valence-corrected chi connectivity index (χ3v) is 6.24. The van der Waals surface area contributed by atoms with E-state index in [9.17, 15) is 4.79 Å². The zero-order valence-corrected chi connectivity index (χ0v) is 17.2. The predicted molar refractivity (Wildman–Crippen MR) is 104 cm³/mol. The molecule has 1 amide bonds. The molecule has 27 heavy (non-hydrogen) atoms. The van der Waals surface area contributed by atoms with Crippen LogP contribution in [0.25, 0.3) is 0 Å². The molecule has 2 fully saturated rings. The molecule has 1 atom stereocenters. The Hall–Kier alpha value is -1.40. The van der Waals surface area contributed by atoms with Crippen molar-refractivity contribution in [3.05, 3.63) is 17.7 Å². The molecule has 0 spiro atoms.